The number of ether oxygens (including phenoxy) is 1. The number of methoxy groups -OCH3 is 1. The Bertz CT molecular complexity index is 534. The molecular formula is C18H24N2O. The first-order chi connectivity index (χ1) is 10.2. The lowest BCUT2D eigenvalue weighted by molar-refractivity contribution is 0.322. The van der Waals surface area contributed by atoms with Crippen molar-refractivity contribution in [3.05, 3.63) is 59.7 Å². The smallest absolute Gasteiger partial charge is 0.118 e. The first kappa shape index (κ1) is 15.4. The van der Waals surface area contributed by atoms with Gasteiger partial charge in [0.05, 0.1) is 7.11 Å². The number of rotatable bonds is 7. The fourth-order valence-electron chi connectivity index (χ4n) is 2.36. The van der Waals surface area contributed by atoms with E-state index in [9.17, 15) is 0 Å². The fraction of sp³-hybridized carbons (Fsp3) is 0.333. The van der Waals surface area contributed by atoms with Gasteiger partial charge in [0.2, 0.25) is 0 Å². The van der Waals surface area contributed by atoms with Crippen LogP contribution in [0.15, 0.2) is 48.5 Å². The van der Waals surface area contributed by atoms with Crippen molar-refractivity contribution in [3.8, 4) is 5.75 Å². The van der Waals surface area contributed by atoms with E-state index in [2.05, 4.69) is 36.2 Å². The number of nitrogens with zero attached hydrogens (tertiary/aromatic N) is 1. The zero-order valence-electron chi connectivity index (χ0n) is 12.9. The van der Waals surface area contributed by atoms with Crippen LogP contribution in [0, 0.1) is 0 Å². The molecule has 2 aromatic carbocycles. The number of anilines is 1. The third kappa shape index (κ3) is 5.12. The van der Waals surface area contributed by atoms with Gasteiger partial charge in [-0.2, -0.15) is 0 Å². The maximum Gasteiger partial charge on any atom is 0.118 e. The van der Waals surface area contributed by atoms with Crippen molar-refractivity contribution in [1.82, 2.24) is 4.90 Å². The summed E-state index contributed by atoms with van der Waals surface area (Å²) in [6.07, 6.45) is 2.24. The maximum absolute atomic E-state index is 5.69. The van der Waals surface area contributed by atoms with Gasteiger partial charge in [-0.3, -0.25) is 0 Å². The lowest BCUT2D eigenvalue weighted by Crippen LogP contribution is -2.19. The number of nitrogen functional groups attached to an aromatic ring is 1. The Morgan fingerprint density at radius 1 is 0.952 bits per heavy atom. The van der Waals surface area contributed by atoms with Crippen LogP contribution in [0.25, 0.3) is 0 Å². The molecule has 112 valence electrons. The number of benzene rings is 2. The molecule has 0 unspecified atom stereocenters. The zero-order chi connectivity index (χ0) is 15.1. The molecule has 0 spiro atoms. The molecule has 0 saturated carbocycles. The highest BCUT2D eigenvalue weighted by Gasteiger charge is 2.01. The minimum Gasteiger partial charge on any atom is -0.497 e. The van der Waals surface area contributed by atoms with Crippen LogP contribution < -0.4 is 10.5 Å². The van der Waals surface area contributed by atoms with E-state index in [0.29, 0.717) is 0 Å². The molecule has 0 atom stereocenters. The molecule has 0 aliphatic carbocycles. The third-order valence-corrected chi connectivity index (χ3v) is 3.60. The Hall–Kier alpha value is -2.00. The quantitative estimate of drug-likeness (QED) is 0.793. The molecule has 0 aliphatic rings. The predicted octanol–water partition coefficient (Wildman–Crippen LogP) is 3.34. The second-order valence-electron chi connectivity index (χ2n) is 5.43. The molecule has 0 aliphatic heterocycles. The van der Waals surface area contributed by atoms with Crippen LogP contribution in [0.4, 0.5) is 5.69 Å². The molecule has 3 nitrogen and oxygen atoms in total. The van der Waals surface area contributed by atoms with Crippen LogP contribution in [0.3, 0.4) is 0 Å². The molecule has 3 heteroatoms. The zero-order valence-corrected chi connectivity index (χ0v) is 12.9. The van der Waals surface area contributed by atoms with Gasteiger partial charge in [0.15, 0.2) is 0 Å². The van der Waals surface area contributed by atoms with Gasteiger partial charge in [0.1, 0.15) is 5.75 Å². The van der Waals surface area contributed by atoms with Gasteiger partial charge in [-0.15, -0.1) is 0 Å². The molecule has 0 fully saturated rings. The van der Waals surface area contributed by atoms with Crippen molar-refractivity contribution in [3.63, 3.8) is 0 Å². The Kier molecular flexibility index (Phi) is 5.64. The summed E-state index contributed by atoms with van der Waals surface area (Å²) in [6.45, 7) is 2.04. The average Bonchev–Trinajstić information content (AvgIpc) is 2.50. The van der Waals surface area contributed by atoms with Crippen LogP contribution >= 0.6 is 0 Å². The monoisotopic (exact) mass is 284 g/mol. The van der Waals surface area contributed by atoms with E-state index in [1.54, 1.807) is 7.11 Å². The molecular weight excluding hydrogens is 260 g/mol. The minimum absolute atomic E-state index is 0.829. The third-order valence-electron chi connectivity index (χ3n) is 3.60. The van der Waals surface area contributed by atoms with Crippen LogP contribution in [0.5, 0.6) is 5.75 Å². The normalized spacial score (nSPS) is 10.8. The van der Waals surface area contributed by atoms with E-state index in [1.807, 2.05) is 24.3 Å². The number of hydrogen-bond acceptors (Lipinski definition) is 3. The lowest BCUT2D eigenvalue weighted by atomic mass is 10.1. The second kappa shape index (κ2) is 7.70. The molecule has 0 heterocycles. The van der Waals surface area contributed by atoms with Crippen LogP contribution in [0.2, 0.25) is 0 Å². The van der Waals surface area contributed by atoms with Crippen molar-refractivity contribution in [2.45, 2.75) is 19.4 Å². The van der Waals surface area contributed by atoms with Crippen molar-refractivity contribution in [1.29, 1.82) is 0 Å². The average molecular weight is 284 g/mol. The number of hydrogen-bond donors (Lipinski definition) is 1. The molecule has 21 heavy (non-hydrogen) atoms. The predicted molar refractivity (Wildman–Crippen MR) is 88.5 cm³/mol. The van der Waals surface area contributed by atoms with Gasteiger partial charge in [-0.25, -0.2) is 0 Å². The van der Waals surface area contributed by atoms with Gasteiger partial charge in [0, 0.05) is 12.2 Å². The molecule has 0 saturated heterocycles. The van der Waals surface area contributed by atoms with Gasteiger partial charge in [-0.1, -0.05) is 24.3 Å². The minimum atomic E-state index is 0.829. The van der Waals surface area contributed by atoms with Gasteiger partial charge in [-0.05, 0) is 61.8 Å². The molecule has 0 bridgehead atoms. The van der Waals surface area contributed by atoms with Crippen molar-refractivity contribution in [2.24, 2.45) is 0 Å². The standard InChI is InChI=1S/C18H24N2O/c1-20(14-16-7-11-18(21-2)12-8-16)13-3-4-15-5-9-17(19)10-6-15/h5-12H,3-4,13-14,19H2,1-2H3. The summed E-state index contributed by atoms with van der Waals surface area (Å²) in [5.74, 6) is 0.907. The summed E-state index contributed by atoms with van der Waals surface area (Å²) < 4.78 is 5.17. The highest BCUT2D eigenvalue weighted by atomic mass is 16.5. The lowest BCUT2D eigenvalue weighted by Gasteiger charge is -2.16. The van der Waals surface area contributed by atoms with Crippen LogP contribution in [0.1, 0.15) is 17.5 Å². The van der Waals surface area contributed by atoms with E-state index >= 15 is 0 Å². The Morgan fingerprint density at radius 3 is 2.19 bits per heavy atom. The highest BCUT2D eigenvalue weighted by molar-refractivity contribution is 5.39. The summed E-state index contributed by atoms with van der Waals surface area (Å²) in [5, 5.41) is 0. The van der Waals surface area contributed by atoms with Gasteiger partial charge >= 0.3 is 0 Å². The van der Waals surface area contributed by atoms with E-state index in [1.165, 1.54) is 11.1 Å². The molecule has 0 radical (unpaired) electrons. The fourth-order valence-corrected chi connectivity index (χ4v) is 2.36. The summed E-state index contributed by atoms with van der Waals surface area (Å²) in [7, 11) is 3.85. The molecule has 0 aromatic heterocycles. The second-order valence-corrected chi connectivity index (χ2v) is 5.43. The largest absolute Gasteiger partial charge is 0.497 e. The van der Waals surface area contributed by atoms with E-state index < -0.39 is 0 Å². The number of nitrogens with two attached hydrogens (primary N) is 1. The van der Waals surface area contributed by atoms with Gasteiger partial charge < -0.3 is 15.4 Å². The van der Waals surface area contributed by atoms with Gasteiger partial charge in [0.25, 0.3) is 0 Å². The molecule has 2 rings (SSSR count). The topological polar surface area (TPSA) is 38.5 Å². The van der Waals surface area contributed by atoms with Crippen molar-refractivity contribution in [2.75, 3.05) is 26.4 Å². The number of aryl methyl sites for hydroxylation is 1. The maximum atomic E-state index is 5.69. The van der Waals surface area contributed by atoms with Crippen LogP contribution in [-0.4, -0.2) is 25.6 Å². The van der Waals surface area contributed by atoms with E-state index in [-0.39, 0.29) is 0 Å². The summed E-state index contributed by atoms with van der Waals surface area (Å²) in [5.41, 5.74) is 9.18. The SMILES string of the molecule is COc1ccc(CN(C)CCCc2ccc(N)cc2)cc1. The van der Waals surface area contributed by atoms with Crippen molar-refractivity contribution >= 4 is 5.69 Å². The summed E-state index contributed by atoms with van der Waals surface area (Å²) >= 11 is 0. The first-order valence-corrected chi connectivity index (χ1v) is 7.33. The van der Waals surface area contributed by atoms with Crippen LogP contribution in [-0.2, 0) is 13.0 Å². The molecule has 2 N–H and O–H groups in total. The summed E-state index contributed by atoms with van der Waals surface area (Å²) in [6, 6.07) is 16.4. The Labute approximate surface area is 127 Å². The molecule has 2 aromatic rings. The molecule has 0 amide bonds. The Morgan fingerprint density at radius 2 is 1.57 bits per heavy atom. The highest BCUT2D eigenvalue weighted by Crippen LogP contribution is 2.13. The first-order valence-electron chi connectivity index (χ1n) is 7.33. The van der Waals surface area contributed by atoms with E-state index in [4.69, 9.17) is 10.5 Å². The van der Waals surface area contributed by atoms with Crippen molar-refractivity contribution < 1.29 is 4.74 Å². The summed E-state index contributed by atoms with van der Waals surface area (Å²) in [4.78, 5) is 2.35. The Balaban J connectivity index is 1.73. The van der Waals surface area contributed by atoms with E-state index in [0.717, 1.165) is 37.4 Å².